The quantitative estimate of drug-likeness (QED) is 0.657. The van der Waals surface area contributed by atoms with Gasteiger partial charge in [0, 0.05) is 16.0 Å². The fourth-order valence-corrected chi connectivity index (χ4v) is 3.78. The molecule has 0 bridgehead atoms. The molecule has 1 atom stereocenters. The van der Waals surface area contributed by atoms with Crippen molar-refractivity contribution in [3.8, 4) is 11.1 Å². The van der Waals surface area contributed by atoms with Crippen molar-refractivity contribution in [3.05, 3.63) is 44.9 Å². The Kier molecular flexibility index (Phi) is 5.07. The summed E-state index contributed by atoms with van der Waals surface area (Å²) < 4.78 is 6.66. The summed E-state index contributed by atoms with van der Waals surface area (Å²) in [6.07, 6.45) is -0.141. The largest absolute Gasteiger partial charge is 0.368 e. The Hall–Kier alpha value is -0.330. The third-order valence-corrected chi connectivity index (χ3v) is 5.14. The van der Waals surface area contributed by atoms with Crippen LogP contribution in [-0.4, -0.2) is 28.1 Å². The first-order chi connectivity index (χ1) is 10.1. The normalized spacial score (nSPS) is 18.7. The van der Waals surface area contributed by atoms with Crippen molar-refractivity contribution in [2.45, 2.75) is 6.10 Å². The smallest absolute Gasteiger partial charge is 0.161 e. The molecule has 1 unspecified atom stereocenters. The van der Waals surface area contributed by atoms with Gasteiger partial charge in [-0.05, 0) is 17.7 Å². The SMILES string of the molecule is Clc1nc(C2CSCCO2)nc(Cl)c1-c1ccc(Br)cc1. The number of rotatable bonds is 2. The van der Waals surface area contributed by atoms with E-state index in [-0.39, 0.29) is 6.10 Å². The van der Waals surface area contributed by atoms with Crippen LogP contribution in [0.2, 0.25) is 10.3 Å². The summed E-state index contributed by atoms with van der Waals surface area (Å²) in [6.45, 7) is 0.697. The molecule has 0 aliphatic carbocycles. The number of thioether (sulfide) groups is 1. The van der Waals surface area contributed by atoms with Crippen molar-refractivity contribution in [2.24, 2.45) is 0 Å². The monoisotopic (exact) mass is 404 g/mol. The van der Waals surface area contributed by atoms with Gasteiger partial charge >= 0.3 is 0 Å². The van der Waals surface area contributed by atoms with Gasteiger partial charge in [0.2, 0.25) is 0 Å². The molecule has 1 aromatic carbocycles. The minimum atomic E-state index is -0.141. The zero-order valence-electron chi connectivity index (χ0n) is 10.9. The van der Waals surface area contributed by atoms with Crippen molar-refractivity contribution < 1.29 is 4.74 Å². The van der Waals surface area contributed by atoms with Gasteiger partial charge in [0.1, 0.15) is 16.4 Å². The highest BCUT2D eigenvalue weighted by molar-refractivity contribution is 9.10. The lowest BCUT2D eigenvalue weighted by molar-refractivity contribution is 0.0694. The van der Waals surface area contributed by atoms with E-state index in [1.165, 1.54) is 0 Å². The van der Waals surface area contributed by atoms with E-state index in [0.29, 0.717) is 28.3 Å². The Balaban J connectivity index is 1.97. The number of hydrogen-bond donors (Lipinski definition) is 0. The molecule has 110 valence electrons. The average Bonchev–Trinajstić information content (AvgIpc) is 2.49. The van der Waals surface area contributed by atoms with Gasteiger partial charge in [0.15, 0.2) is 5.82 Å². The van der Waals surface area contributed by atoms with Crippen LogP contribution in [0.4, 0.5) is 0 Å². The molecule has 1 saturated heterocycles. The van der Waals surface area contributed by atoms with Crippen molar-refractivity contribution in [1.82, 2.24) is 9.97 Å². The van der Waals surface area contributed by atoms with Crippen molar-refractivity contribution in [3.63, 3.8) is 0 Å². The van der Waals surface area contributed by atoms with E-state index < -0.39 is 0 Å². The minimum absolute atomic E-state index is 0.141. The summed E-state index contributed by atoms with van der Waals surface area (Å²) in [5.74, 6) is 2.37. The summed E-state index contributed by atoms with van der Waals surface area (Å²) in [6, 6.07) is 7.70. The topological polar surface area (TPSA) is 35.0 Å². The van der Waals surface area contributed by atoms with Gasteiger partial charge in [0.25, 0.3) is 0 Å². The average molecular weight is 406 g/mol. The van der Waals surface area contributed by atoms with E-state index in [1.54, 1.807) is 0 Å². The first-order valence-electron chi connectivity index (χ1n) is 6.33. The third-order valence-electron chi connectivity index (χ3n) is 3.07. The molecule has 0 amide bonds. The molecule has 2 heterocycles. The molecule has 21 heavy (non-hydrogen) atoms. The van der Waals surface area contributed by atoms with Crippen LogP contribution in [0.15, 0.2) is 28.7 Å². The molecule has 1 aromatic heterocycles. The summed E-state index contributed by atoms with van der Waals surface area (Å²) >= 11 is 17.9. The van der Waals surface area contributed by atoms with Crippen LogP contribution in [0.5, 0.6) is 0 Å². The molecule has 1 aliphatic rings. The lowest BCUT2D eigenvalue weighted by Crippen LogP contribution is -2.18. The zero-order chi connectivity index (χ0) is 14.8. The van der Waals surface area contributed by atoms with Gasteiger partial charge in [-0.2, -0.15) is 11.8 Å². The Labute approximate surface area is 145 Å². The maximum atomic E-state index is 6.32. The van der Waals surface area contributed by atoms with E-state index in [2.05, 4.69) is 25.9 Å². The van der Waals surface area contributed by atoms with E-state index in [0.717, 1.165) is 21.5 Å². The van der Waals surface area contributed by atoms with Gasteiger partial charge in [-0.1, -0.05) is 51.3 Å². The second-order valence-electron chi connectivity index (χ2n) is 4.48. The van der Waals surface area contributed by atoms with E-state index in [4.69, 9.17) is 27.9 Å². The first-order valence-corrected chi connectivity index (χ1v) is 9.04. The molecule has 0 N–H and O–H groups in total. The highest BCUT2D eigenvalue weighted by Gasteiger charge is 2.22. The highest BCUT2D eigenvalue weighted by Crippen LogP contribution is 2.35. The van der Waals surface area contributed by atoms with E-state index in [1.807, 2.05) is 36.0 Å². The molecule has 0 saturated carbocycles. The summed E-state index contributed by atoms with van der Waals surface area (Å²) in [5.41, 5.74) is 1.54. The lowest BCUT2D eigenvalue weighted by Gasteiger charge is -2.21. The van der Waals surface area contributed by atoms with Crippen molar-refractivity contribution >= 4 is 50.9 Å². The molecular formula is C14H11BrCl2N2OS. The number of hydrogen-bond acceptors (Lipinski definition) is 4. The van der Waals surface area contributed by atoms with Crippen LogP contribution in [0.25, 0.3) is 11.1 Å². The number of benzene rings is 1. The molecule has 7 heteroatoms. The molecule has 0 spiro atoms. The fourth-order valence-electron chi connectivity index (χ4n) is 2.06. The standard InChI is InChI=1S/C14H11BrCl2N2OS/c15-9-3-1-8(2-4-9)11-12(16)18-14(19-13(11)17)10-7-21-6-5-20-10/h1-4,10H,5-7H2. The van der Waals surface area contributed by atoms with Crippen LogP contribution in [0, 0.1) is 0 Å². The number of nitrogens with zero attached hydrogens (tertiary/aromatic N) is 2. The number of aromatic nitrogens is 2. The van der Waals surface area contributed by atoms with Crippen molar-refractivity contribution in [1.29, 1.82) is 0 Å². The first kappa shape index (κ1) is 15.6. The lowest BCUT2D eigenvalue weighted by atomic mass is 10.1. The van der Waals surface area contributed by atoms with Gasteiger partial charge in [-0.15, -0.1) is 0 Å². The third kappa shape index (κ3) is 3.54. The molecule has 0 radical (unpaired) electrons. The highest BCUT2D eigenvalue weighted by atomic mass is 79.9. The predicted octanol–water partition coefficient (Wildman–Crippen LogP) is 5.02. The van der Waals surface area contributed by atoms with Gasteiger partial charge in [-0.25, -0.2) is 9.97 Å². The maximum Gasteiger partial charge on any atom is 0.161 e. The molecule has 1 aliphatic heterocycles. The Morgan fingerprint density at radius 2 is 1.81 bits per heavy atom. The maximum absolute atomic E-state index is 6.32. The van der Waals surface area contributed by atoms with Crippen LogP contribution in [-0.2, 0) is 4.74 Å². The van der Waals surface area contributed by atoms with Gasteiger partial charge in [0.05, 0.1) is 12.2 Å². The van der Waals surface area contributed by atoms with Crippen LogP contribution < -0.4 is 0 Å². The molecule has 3 rings (SSSR count). The summed E-state index contributed by atoms with van der Waals surface area (Å²) in [5, 5.41) is 0.706. The Bertz CT molecular complexity index is 625. The van der Waals surface area contributed by atoms with Crippen LogP contribution in [0.1, 0.15) is 11.9 Å². The van der Waals surface area contributed by atoms with Gasteiger partial charge < -0.3 is 4.74 Å². The van der Waals surface area contributed by atoms with Crippen molar-refractivity contribution in [2.75, 3.05) is 18.1 Å². The number of ether oxygens (including phenoxy) is 1. The second-order valence-corrected chi connectivity index (χ2v) is 7.26. The summed E-state index contributed by atoms with van der Waals surface area (Å²) in [7, 11) is 0. The number of halogens is 3. The fraction of sp³-hybridized carbons (Fsp3) is 0.286. The van der Waals surface area contributed by atoms with Gasteiger partial charge in [-0.3, -0.25) is 0 Å². The van der Waals surface area contributed by atoms with Crippen LogP contribution in [0.3, 0.4) is 0 Å². The van der Waals surface area contributed by atoms with Crippen LogP contribution >= 0.6 is 50.9 Å². The predicted molar refractivity (Wildman–Crippen MR) is 91.2 cm³/mol. The molecule has 2 aromatic rings. The Morgan fingerprint density at radius 1 is 1.14 bits per heavy atom. The molecule has 3 nitrogen and oxygen atoms in total. The summed E-state index contributed by atoms with van der Waals surface area (Å²) in [4.78, 5) is 8.75. The zero-order valence-corrected chi connectivity index (χ0v) is 14.8. The molecular weight excluding hydrogens is 395 g/mol. The second kappa shape index (κ2) is 6.84. The Morgan fingerprint density at radius 3 is 2.38 bits per heavy atom. The van der Waals surface area contributed by atoms with E-state index >= 15 is 0 Å². The van der Waals surface area contributed by atoms with E-state index in [9.17, 15) is 0 Å². The molecule has 1 fully saturated rings. The minimum Gasteiger partial charge on any atom is -0.368 e.